The molecule has 0 aliphatic carbocycles. The van der Waals surface area contributed by atoms with Crippen LogP contribution >= 0.6 is 0 Å². The molecule has 0 spiro atoms. The Morgan fingerprint density at radius 3 is 2.82 bits per heavy atom. The van der Waals surface area contributed by atoms with Crippen LogP contribution in [-0.2, 0) is 9.53 Å². The smallest absolute Gasteiger partial charge is 0.332 e. The highest BCUT2D eigenvalue weighted by Gasteiger charge is 2.36. The number of carbonyl (C=O) groups is 2. The molecule has 3 N–H and O–H groups in total. The first-order valence-corrected chi connectivity index (χ1v) is 5.70. The average Bonchev–Trinajstić information content (AvgIpc) is 2.56. The molecule has 17 heavy (non-hydrogen) atoms. The van der Waals surface area contributed by atoms with Gasteiger partial charge in [-0.3, -0.25) is 4.79 Å². The van der Waals surface area contributed by atoms with Crippen molar-refractivity contribution in [3.05, 3.63) is 0 Å². The summed E-state index contributed by atoms with van der Waals surface area (Å²) in [5.41, 5.74) is 7.58. The molecule has 1 fully saturated rings. The van der Waals surface area contributed by atoms with E-state index >= 15 is 0 Å². The Morgan fingerprint density at radius 1 is 1.65 bits per heavy atom. The molecule has 6 heteroatoms. The van der Waals surface area contributed by atoms with Crippen molar-refractivity contribution in [2.45, 2.75) is 39.7 Å². The molecule has 0 saturated carbocycles. The van der Waals surface area contributed by atoms with Crippen LogP contribution < -0.4 is 11.2 Å². The number of carbonyl (C=O) groups excluding carboxylic acids is 2. The first-order valence-electron chi connectivity index (χ1n) is 5.70. The summed E-state index contributed by atoms with van der Waals surface area (Å²) < 4.78 is 5.21. The third-order valence-electron chi connectivity index (χ3n) is 2.65. The van der Waals surface area contributed by atoms with E-state index in [2.05, 4.69) is 24.4 Å². The van der Waals surface area contributed by atoms with Gasteiger partial charge in [-0.2, -0.15) is 5.10 Å². The van der Waals surface area contributed by atoms with E-state index in [1.54, 1.807) is 6.92 Å². The Hall–Kier alpha value is -1.59. The van der Waals surface area contributed by atoms with Gasteiger partial charge >= 0.3 is 12.0 Å². The maximum Gasteiger partial charge on any atom is 0.332 e. The van der Waals surface area contributed by atoms with E-state index in [0.29, 0.717) is 18.1 Å². The van der Waals surface area contributed by atoms with Crippen LogP contribution in [0.25, 0.3) is 0 Å². The topological polar surface area (TPSA) is 93.8 Å². The fraction of sp³-hybridized carbons (Fsp3) is 0.727. The minimum Gasteiger partial charge on any atom is -0.456 e. The molecule has 0 unspecified atom stereocenters. The number of urea groups is 1. The number of hydrogen-bond acceptors (Lipinski definition) is 4. The van der Waals surface area contributed by atoms with Crippen LogP contribution in [0, 0.1) is 11.8 Å². The molecule has 0 radical (unpaired) electrons. The standard InChI is InChI=1S/C11H19N3O3/c1-6(2)4-8-5-9(17-10(8)15)7(3)13-14-11(12)16/h6,8-9H,4-5H2,1-3H3,(H3,12,14,16)/b13-7-/t8-,9-/m0/s1. The molecule has 0 aromatic carbocycles. The predicted octanol–water partition coefficient (Wildman–Crippen LogP) is 1.01. The Bertz CT molecular complexity index is 339. The van der Waals surface area contributed by atoms with E-state index in [9.17, 15) is 9.59 Å². The largest absolute Gasteiger partial charge is 0.456 e. The highest BCUT2D eigenvalue weighted by atomic mass is 16.6. The highest BCUT2D eigenvalue weighted by molar-refractivity contribution is 5.91. The fourth-order valence-corrected chi connectivity index (χ4v) is 1.87. The van der Waals surface area contributed by atoms with Crippen LogP contribution in [0.4, 0.5) is 4.79 Å². The molecule has 96 valence electrons. The normalized spacial score (nSPS) is 24.9. The van der Waals surface area contributed by atoms with Gasteiger partial charge in [-0.15, -0.1) is 0 Å². The summed E-state index contributed by atoms with van der Waals surface area (Å²) in [4.78, 5) is 22.1. The van der Waals surface area contributed by atoms with Gasteiger partial charge < -0.3 is 10.5 Å². The second-order valence-corrected chi connectivity index (χ2v) is 4.72. The van der Waals surface area contributed by atoms with E-state index in [4.69, 9.17) is 10.5 Å². The van der Waals surface area contributed by atoms with Gasteiger partial charge in [-0.1, -0.05) is 13.8 Å². The summed E-state index contributed by atoms with van der Waals surface area (Å²) in [5.74, 6) is 0.198. The van der Waals surface area contributed by atoms with E-state index < -0.39 is 6.03 Å². The van der Waals surface area contributed by atoms with Crippen molar-refractivity contribution >= 4 is 17.7 Å². The Labute approximate surface area is 101 Å². The zero-order chi connectivity index (χ0) is 13.0. The molecule has 0 bridgehead atoms. The number of nitrogens with two attached hydrogens (primary N) is 1. The number of primary amides is 1. The fourth-order valence-electron chi connectivity index (χ4n) is 1.87. The van der Waals surface area contributed by atoms with Gasteiger partial charge in [-0.25, -0.2) is 10.2 Å². The summed E-state index contributed by atoms with van der Waals surface area (Å²) in [5, 5.41) is 3.77. The van der Waals surface area contributed by atoms with Crippen molar-refractivity contribution < 1.29 is 14.3 Å². The molecular formula is C11H19N3O3. The molecule has 0 aromatic heterocycles. The van der Waals surface area contributed by atoms with Crippen molar-refractivity contribution in [3.8, 4) is 0 Å². The number of hydrazone groups is 1. The van der Waals surface area contributed by atoms with E-state index in [-0.39, 0.29) is 18.0 Å². The van der Waals surface area contributed by atoms with E-state index in [1.165, 1.54) is 0 Å². The average molecular weight is 241 g/mol. The SMILES string of the molecule is C/C(=N/NC(N)=O)[C@@H]1C[C@H](CC(C)C)C(=O)O1. The van der Waals surface area contributed by atoms with Crippen molar-refractivity contribution in [2.24, 2.45) is 22.7 Å². The van der Waals surface area contributed by atoms with E-state index in [1.807, 2.05) is 0 Å². The second-order valence-electron chi connectivity index (χ2n) is 4.72. The first-order chi connectivity index (χ1) is 7.90. The van der Waals surface area contributed by atoms with Gasteiger partial charge in [0.2, 0.25) is 0 Å². The molecule has 0 aromatic rings. The number of nitrogens with one attached hydrogen (secondary N) is 1. The number of ether oxygens (including phenoxy) is 1. The van der Waals surface area contributed by atoms with Crippen LogP contribution in [0.2, 0.25) is 0 Å². The van der Waals surface area contributed by atoms with Crippen LogP contribution in [0.15, 0.2) is 5.10 Å². The highest BCUT2D eigenvalue weighted by Crippen LogP contribution is 2.27. The van der Waals surface area contributed by atoms with Gasteiger partial charge in [0.15, 0.2) is 0 Å². The summed E-state index contributed by atoms with van der Waals surface area (Å²) in [7, 11) is 0. The summed E-state index contributed by atoms with van der Waals surface area (Å²) >= 11 is 0. The van der Waals surface area contributed by atoms with Crippen molar-refractivity contribution in [2.75, 3.05) is 0 Å². The monoisotopic (exact) mass is 241 g/mol. The van der Waals surface area contributed by atoms with Gasteiger partial charge in [0.05, 0.1) is 11.6 Å². The number of hydrogen-bond donors (Lipinski definition) is 2. The van der Waals surface area contributed by atoms with Crippen LogP contribution in [0.5, 0.6) is 0 Å². The molecule has 1 aliphatic heterocycles. The summed E-state index contributed by atoms with van der Waals surface area (Å²) in [6.07, 6.45) is 1.08. The van der Waals surface area contributed by atoms with Gasteiger partial charge in [-0.05, 0) is 19.3 Å². The molecule has 1 aliphatic rings. The lowest BCUT2D eigenvalue weighted by Crippen LogP contribution is -2.28. The van der Waals surface area contributed by atoms with Gasteiger partial charge in [0.1, 0.15) is 6.10 Å². The lowest BCUT2D eigenvalue weighted by molar-refractivity contribution is -0.143. The Morgan fingerprint density at radius 2 is 2.29 bits per heavy atom. The molecule has 2 atom stereocenters. The third kappa shape index (κ3) is 4.05. The van der Waals surface area contributed by atoms with Crippen LogP contribution in [-0.4, -0.2) is 23.8 Å². The number of nitrogens with zero attached hydrogens (tertiary/aromatic N) is 1. The third-order valence-corrected chi connectivity index (χ3v) is 2.65. The number of rotatable bonds is 4. The van der Waals surface area contributed by atoms with Crippen LogP contribution in [0.1, 0.15) is 33.6 Å². The quantitative estimate of drug-likeness (QED) is 0.437. The summed E-state index contributed by atoms with van der Waals surface area (Å²) in [6, 6.07) is -0.729. The molecular weight excluding hydrogens is 222 g/mol. The second kappa shape index (κ2) is 5.65. The summed E-state index contributed by atoms with van der Waals surface area (Å²) in [6.45, 7) is 5.83. The van der Waals surface area contributed by atoms with Gasteiger partial charge in [0, 0.05) is 6.42 Å². The molecule has 6 nitrogen and oxygen atoms in total. The maximum absolute atomic E-state index is 11.6. The number of cyclic esters (lactones) is 1. The van der Waals surface area contributed by atoms with Crippen molar-refractivity contribution in [1.29, 1.82) is 0 Å². The Kier molecular flexibility index (Phi) is 4.48. The van der Waals surface area contributed by atoms with Crippen molar-refractivity contribution in [3.63, 3.8) is 0 Å². The number of amides is 2. The molecule has 1 heterocycles. The Balaban J connectivity index is 2.56. The van der Waals surface area contributed by atoms with Gasteiger partial charge in [0.25, 0.3) is 0 Å². The minimum absolute atomic E-state index is 0.0706. The lowest BCUT2D eigenvalue weighted by Gasteiger charge is -2.08. The predicted molar refractivity (Wildman–Crippen MR) is 63.3 cm³/mol. The molecule has 1 saturated heterocycles. The zero-order valence-corrected chi connectivity index (χ0v) is 10.4. The minimum atomic E-state index is -0.729. The molecule has 2 amide bonds. The lowest BCUT2D eigenvalue weighted by atomic mass is 9.93. The maximum atomic E-state index is 11.6. The first kappa shape index (κ1) is 13.5. The molecule has 1 rings (SSSR count). The van der Waals surface area contributed by atoms with Crippen LogP contribution in [0.3, 0.4) is 0 Å². The van der Waals surface area contributed by atoms with Crippen molar-refractivity contribution in [1.82, 2.24) is 5.43 Å². The zero-order valence-electron chi connectivity index (χ0n) is 10.4. The van der Waals surface area contributed by atoms with E-state index in [0.717, 1.165) is 6.42 Å². The number of esters is 1.